The molecule has 3 amide bonds. The molecule has 8 rings (SSSR count). The number of hydrogen-bond acceptors (Lipinski definition) is 13. The number of Topliss-reactive ketones (excluding diaryl/α,β-unsaturated/α-hetero) is 1. The molecule has 5 aliphatic rings. The first-order valence-electron chi connectivity index (χ1n) is 20.8. The summed E-state index contributed by atoms with van der Waals surface area (Å²) >= 11 is 0. The number of carbonyl (C=O) groups excluding carboxylic acids is 5. The van der Waals surface area contributed by atoms with Gasteiger partial charge in [-0.15, -0.1) is 0 Å². The molecule has 2 fully saturated rings. The summed E-state index contributed by atoms with van der Waals surface area (Å²) < 4.78 is 35.9. The Kier molecular flexibility index (Phi) is 11.6. The summed E-state index contributed by atoms with van der Waals surface area (Å²) in [6.45, 7) is 9.10. The zero-order chi connectivity index (χ0) is 44.9. The van der Waals surface area contributed by atoms with Crippen LogP contribution >= 0.6 is 0 Å². The van der Waals surface area contributed by atoms with Crippen molar-refractivity contribution in [1.29, 1.82) is 0 Å². The number of methoxy groups -OCH3 is 3. The number of ketones is 2. The monoisotopic (exact) mass is 865 g/mol. The number of anilines is 1. The van der Waals surface area contributed by atoms with Gasteiger partial charge in [0.25, 0.3) is 11.8 Å². The van der Waals surface area contributed by atoms with E-state index in [9.17, 15) is 29.1 Å². The molecule has 0 spiro atoms. The largest absolute Gasteiger partial charge is 0.493 e. The SMILES string of the molecule is C=C1C[C@H]2C=Nc3cc(OCCCCCOc4cc5c(cc4OC)C(=O)N4CC(C)(C)C[C@H]4C(O)N5C(=O)OCc4cc5c(n4C)C(=O)C=C(OC)C5=O)c(OC)cc3C(=O)N2C1. The number of ether oxygens (including phenoxy) is 6. The van der Waals surface area contributed by atoms with E-state index < -0.39 is 29.9 Å². The summed E-state index contributed by atoms with van der Waals surface area (Å²) in [5.41, 5.74) is 2.41. The van der Waals surface area contributed by atoms with Crippen LogP contribution in [0.4, 0.5) is 16.2 Å². The first kappa shape index (κ1) is 43.0. The molecule has 2 saturated heterocycles. The highest BCUT2D eigenvalue weighted by molar-refractivity contribution is 6.23. The van der Waals surface area contributed by atoms with Crippen LogP contribution in [0.2, 0.25) is 0 Å². The molecular formula is C46H51N5O12. The molecule has 4 aliphatic heterocycles. The van der Waals surface area contributed by atoms with Crippen LogP contribution in [0.1, 0.15) is 93.2 Å². The fourth-order valence-electron chi connectivity index (χ4n) is 9.03. The standard InChI is InChI=1S/C46H51N5O12/c1-25-13-26-21-47-31-17-37(35(58-5)15-28(31)42(54)49(26)22-25)61-11-9-8-10-12-62-38-18-32-29(16-36(38)59-6)43(55)50-24-46(2,3)20-33(50)44(56)51(32)45(57)63-23-27-14-30-40(48(27)4)34(52)19-39(60-7)41(30)53/h14-19,21,26,33,44,56H,1,8-13,20,22-24H2,2-7H3/t26-,33-,44?/m0/s1. The molecule has 17 heteroatoms. The van der Waals surface area contributed by atoms with Gasteiger partial charge >= 0.3 is 6.09 Å². The number of allylic oxidation sites excluding steroid dienone is 2. The lowest BCUT2D eigenvalue weighted by Gasteiger charge is -2.32. The third kappa shape index (κ3) is 7.89. The fraction of sp³-hybridized carbons (Fsp3) is 0.435. The number of hydrogen-bond donors (Lipinski definition) is 1. The van der Waals surface area contributed by atoms with Gasteiger partial charge in [-0.05, 0) is 55.7 Å². The number of nitrogens with zero attached hydrogens (tertiary/aromatic N) is 5. The molecular weight excluding hydrogens is 815 g/mol. The van der Waals surface area contributed by atoms with Crippen molar-refractivity contribution >= 4 is 47.1 Å². The van der Waals surface area contributed by atoms with Gasteiger partial charge in [-0.3, -0.25) is 24.2 Å². The first-order valence-corrected chi connectivity index (χ1v) is 20.8. The molecule has 0 bridgehead atoms. The van der Waals surface area contributed by atoms with Gasteiger partial charge in [0.2, 0.25) is 11.6 Å². The van der Waals surface area contributed by atoms with E-state index in [4.69, 9.17) is 28.4 Å². The van der Waals surface area contributed by atoms with Gasteiger partial charge in [0.05, 0.1) is 80.4 Å². The molecule has 1 aliphatic carbocycles. The van der Waals surface area contributed by atoms with Crippen LogP contribution in [0.15, 0.2) is 59.3 Å². The number of aliphatic hydroxyl groups excluding tert-OH is 1. The quantitative estimate of drug-likeness (QED) is 0.161. The van der Waals surface area contributed by atoms with Crippen molar-refractivity contribution in [2.75, 3.05) is 52.5 Å². The van der Waals surface area contributed by atoms with Crippen molar-refractivity contribution in [2.45, 2.75) is 70.9 Å². The fourth-order valence-corrected chi connectivity index (χ4v) is 9.03. The Hall–Kier alpha value is -6.62. The molecule has 17 nitrogen and oxygen atoms in total. The second-order valence-electron chi connectivity index (χ2n) is 17.1. The minimum atomic E-state index is -1.49. The summed E-state index contributed by atoms with van der Waals surface area (Å²) in [4.78, 5) is 76.5. The molecule has 2 aromatic carbocycles. The Morgan fingerprint density at radius 1 is 0.857 bits per heavy atom. The number of rotatable bonds is 13. The third-order valence-electron chi connectivity index (χ3n) is 12.2. The van der Waals surface area contributed by atoms with Gasteiger partial charge in [0.15, 0.2) is 35.0 Å². The number of unbranched alkanes of at least 4 members (excludes halogenated alkanes) is 2. The Morgan fingerprint density at radius 2 is 1.52 bits per heavy atom. The molecule has 1 unspecified atom stereocenters. The van der Waals surface area contributed by atoms with E-state index in [1.165, 1.54) is 44.1 Å². The Labute approximate surface area is 364 Å². The van der Waals surface area contributed by atoms with Crippen molar-refractivity contribution < 1.29 is 57.5 Å². The average Bonchev–Trinajstić information content (AvgIpc) is 3.89. The van der Waals surface area contributed by atoms with Crippen LogP contribution in [0.5, 0.6) is 23.0 Å². The average molecular weight is 866 g/mol. The van der Waals surface area contributed by atoms with E-state index >= 15 is 0 Å². The maximum Gasteiger partial charge on any atom is 0.416 e. The molecule has 332 valence electrons. The van der Waals surface area contributed by atoms with E-state index in [1.807, 2.05) is 13.8 Å². The molecule has 5 heterocycles. The highest BCUT2D eigenvalue weighted by Gasteiger charge is 2.50. The highest BCUT2D eigenvalue weighted by Crippen LogP contribution is 2.45. The molecule has 0 radical (unpaired) electrons. The van der Waals surface area contributed by atoms with Gasteiger partial charge < -0.3 is 47.9 Å². The van der Waals surface area contributed by atoms with Crippen molar-refractivity contribution in [3.8, 4) is 23.0 Å². The Balaban J connectivity index is 0.951. The number of amides is 3. The zero-order valence-electron chi connectivity index (χ0n) is 36.2. The predicted molar refractivity (Wildman–Crippen MR) is 229 cm³/mol. The van der Waals surface area contributed by atoms with Gasteiger partial charge in [0, 0.05) is 44.6 Å². The predicted octanol–water partition coefficient (Wildman–Crippen LogP) is 5.78. The molecule has 3 atom stereocenters. The lowest BCUT2D eigenvalue weighted by atomic mass is 9.90. The van der Waals surface area contributed by atoms with Gasteiger partial charge in [-0.2, -0.15) is 0 Å². The maximum absolute atomic E-state index is 14.2. The Morgan fingerprint density at radius 3 is 2.21 bits per heavy atom. The first-order chi connectivity index (χ1) is 30.1. The van der Waals surface area contributed by atoms with E-state index in [1.54, 1.807) is 35.2 Å². The van der Waals surface area contributed by atoms with Crippen LogP contribution in [-0.4, -0.2) is 121 Å². The maximum atomic E-state index is 14.2. The molecule has 3 aromatic rings. The van der Waals surface area contributed by atoms with Crippen LogP contribution < -0.4 is 23.8 Å². The summed E-state index contributed by atoms with van der Waals surface area (Å²) in [6, 6.07) is 7.01. The van der Waals surface area contributed by atoms with Crippen LogP contribution in [0.3, 0.4) is 0 Å². The minimum absolute atomic E-state index is 0.0750. The Bertz CT molecular complexity index is 2490. The topological polar surface area (TPSA) is 188 Å². The lowest BCUT2D eigenvalue weighted by Crippen LogP contribution is -2.50. The summed E-state index contributed by atoms with van der Waals surface area (Å²) in [6.07, 6.45) is 3.53. The second kappa shape index (κ2) is 16.9. The normalized spacial score (nSPS) is 20.9. The van der Waals surface area contributed by atoms with Crippen molar-refractivity contribution in [2.24, 2.45) is 17.5 Å². The highest BCUT2D eigenvalue weighted by atomic mass is 16.6. The van der Waals surface area contributed by atoms with E-state index in [0.717, 1.165) is 16.5 Å². The van der Waals surface area contributed by atoms with E-state index in [0.29, 0.717) is 80.2 Å². The number of fused-ring (bicyclic) bond motifs is 5. The smallest absolute Gasteiger partial charge is 0.416 e. The van der Waals surface area contributed by atoms with Crippen LogP contribution in [-0.2, 0) is 23.1 Å². The molecule has 1 aromatic heterocycles. The summed E-state index contributed by atoms with van der Waals surface area (Å²) in [5.74, 6) is -0.0820. The van der Waals surface area contributed by atoms with Crippen LogP contribution in [0, 0.1) is 5.41 Å². The third-order valence-corrected chi connectivity index (χ3v) is 12.2. The number of aromatic nitrogens is 1. The van der Waals surface area contributed by atoms with Crippen molar-refractivity contribution in [1.82, 2.24) is 14.4 Å². The second-order valence-corrected chi connectivity index (χ2v) is 17.1. The van der Waals surface area contributed by atoms with Crippen molar-refractivity contribution in [3.63, 3.8) is 0 Å². The molecule has 63 heavy (non-hydrogen) atoms. The summed E-state index contributed by atoms with van der Waals surface area (Å²) in [5, 5.41) is 11.9. The van der Waals surface area contributed by atoms with E-state index in [2.05, 4.69) is 11.6 Å². The zero-order valence-corrected chi connectivity index (χ0v) is 36.2. The minimum Gasteiger partial charge on any atom is -0.493 e. The molecule has 1 N–H and O–H groups in total. The number of carbonyl (C=O) groups is 5. The summed E-state index contributed by atoms with van der Waals surface area (Å²) in [7, 11) is 5.87. The van der Waals surface area contributed by atoms with E-state index in [-0.39, 0.29) is 76.3 Å². The van der Waals surface area contributed by atoms with Gasteiger partial charge in [-0.1, -0.05) is 26.0 Å². The number of benzene rings is 2. The van der Waals surface area contributed by atoms with Gasteiger partial charge in [-0.25, -0.2) is 9.69 Å². The molecule has 0 saturated carbocycles. The van der Waals surface area contributed by atoms with Crippen molar-refractivity contribution in [3.05, 3.63) is 82.4 Å². The van der Waals surface area contributed by atoms with Gasteiger partial charge in [0.1, 0.15) is 12.3 Å². The number of aliphatic hydroxyl groups is 1. The van der Waals surface area contributed by atoms with Crippen LogP contribution in [0.25, 0.3) is 0 Å². The number of aliphatic imine (C=N–C) groups is 1. The lowest BCUT2D eigenvalue weighted by molar-refractivity contribution is 0.0483.